The minimum atomic E-state index is -0.711. The first kappa shape index (κ1) is 10.4. The number of hydrogen-bond donors (Lipinski definition) is 0. The molecule has 0 radical (unpaired) electrons. The molecule has 0 saturated carbocycles. The van der Waals surface area contributed by atoms with E-state index in [1.165, 1.54) is 0 Å². The molecule has 0 amide bonds. The summed E-state index contributed by atoms with van der Waals surface area (Å²) >= 11 is 0. The summed E-state index contributed by atoms with van der Waals surface area (Å²) in [5, 5.41) is 0. The van der Waals surface area contributed by atoms with Crippen molar-refractivity contribution in [2.75, 3.05) is 20.2 Å². The highest BCUT2D eigenvalue weighted by Crippen LogP contribution is 2.19. The zero-order valence-electron chi connectivity index (χ0n) is 8.77. The van der Waals surface area contributed by atoms with E-state index in [1.54, 1.807) is 12.4 Å². The fraction of sp³-hybridized carbons (Fsp3) is 0.545. The maximum atomic E-state index is 13.0. The molecule has 1 fully saturated rings. The van der Waals surface area contributed by atoms with Gasteiger partial charge in [-0.25, -0.2) is 4.39 Å². The van der Waals surface area contributed by atoms with Crippen LogP contribution in [0.4, 0.5) is 4.39 Å². The van der Waals surface area contributed by atoms with Crippen LogP contribution in [0.2, 0.25) is 0 Å². The molecule has 0 aliphatic carbocycles. The number of aromatic nitrogens is 1. The Morgan fingerprint density at radius 3 is 3.13 bits per heavy atom. The van der Waals surface area contributed by atoms with Crippen LogP contribution < -0.4 is 4.74 Å². The molecule has 1 aromatic rings. The molecule has 1 unspecified atom stereocenters. The predicted octanol–water partition coefficient (Wildman–Crippen LogP) is 1.50. The number of likely N-dealkylation sites (tertiary alicyclic amines) is 1. The van der Waals surface area contributed by atoms with Gasteiger partial charge in [0, 0.05) is 18.8 Å². The van der Waals surface area contributed by atoms with Crippen molar-refractivity contribution in [1.82, 2.24) is 9.88 Å². The van der Waals surface area contributed by atoms with Crippen LogP contribution in [-0.4, -0.2) is 42.3 Å². The number of alkyl halides is 1. The molecule has 82 valence electrons. The molecule has 0 spiro atoms. The van der Waals surface area contributed by atoms with Gasteiger partial charge in [0.2, 0.25) is 0 Å². The lowest BCUT2D eigenvalue weighted by atomic mass is 10.2. The molecular weight excluding hydrogens is 195 g/mol. The van der Waals surface area contributed by atoms with E-state index in [9.17, 15) is 4.39 Å². The first-order valence-electron chi connectivity index (χ1n) is 5.13. The minimum absolute atomic E-state index is 0.181. The van der Waals surface area contributed by atoms with Gasteiger partial charge in [-0.1, -0.05) is 0 Å². The van der Waals surface area contributed by atoms with E-state index in [0.29, 0.717) is 19.6 Å². The Bertz CT molecular complexity index is 307. The molecule has 15 heavy (non-hydrogen) atoms. The molecule has 4 heteroatoms. The standard InChI is InChI=1S/C11H15FN2O/c1-14-7-9(12)5-10(14)8-15-11-3-2-4-13-6-11/h2-4,6,9-10H,5,7-8H2,1H3/t9-,10?/m0/s1. The van der Waals surface area contributed by atoms with Crippen LogP contribution in [0.1, 0.15) is 6.42 Å². The van der Waals surface area contributed by atoms with E-state index in [2.05, 4.69) is 4.98 Å². The summed E-state index contributed by atoms with van der Waals surface area (Å²) in [6.07, 6.45) is 3.22. The molecule has 0 N–H and O–H groups in total. The predicted molar refractivity (Wildman–Crippen MR) is 55.7 cm³/mol. The Balaban J connectivity index is 1.84. The largest absolute Gasteiger partial charge is 0.490 e. The van der Waals surface area contributed by atoms with Crippen molar-refractivity contribution in [2.24, 2.45) is 0 Å². The third-order valence-corrected chi connectivity index (χ3v) is 2.71. The fourth-order valence-electron chi connectivity index (χ4n) is 1.83. The lowest BCUT2D eigenvalue weighted by molar-refractivity contribution is 0.197. The van der Waals surface area contributed by atoms with Crippen LogP contribution >= 0.6 is 0 Å². The minimum Gasteiger partial charge on any atom is -0.490 e. The number of ether oxygens (including phenoxy) is 1. The molecule has 1 aromatic heterocycles. The maximum absolute atomic E-state index is 13.0. The van der Waals surface area contributed by atoms with Crippen molar-refractivity contribution in [3.8, 4) is 5.75 Å². The highest BCUT2D eigenvalue weighted by Gasteiger charge is 2.29. The molecule has 1 saturated heterocycles. The third-order valence-electron chi connectivity index (χ3n) is 2.71. The SMILES string of the molecule is CN1C[C@@H](F)CC1COc1cccnc1. The summed E-state index contributed by atoms with van der Waals surface area (Å²) in [5.74, 6) is 0.744. The van der Waals surface area contributed by atoms with Gasteiger partial charge in [0.05, 0.1) is 6.20 Å². The van der Waals surface area contributed by atoms with Crippen LogP contribution in [0.3, 0.4) is 0 Å². The van der Waals surface area contributed by atoms with Crippen molar-refractivity contribution in [1.29, 1.82) is 0 Å². The van der Waals surface area contributed by atoms with Gasteiger partial charge in [0.15, 0.2) is 0 Å². The average Bonchev–Trinajstić information content (AvgIpc) is 2.56. The maximum Gasteiger partial charge on any atom is 0.137 e. The van der Waals surface area contributed by atoms with Gasteiger partial charge in [-0.2, -0.15) is 0 Å². The highest BCUT2D eigenvalue weighted by molar-refractivity contribution is 5.15. The molecule has 1 aliphatic rings. The quantitative estimate of drug-likeness (QED) is 0.756. The fourth-order valence-corrected chi connectivity index (χ4v) is 1.83. The normalized spacial score (nSPS) is 26.8. The summed E-state index contributed by atoms with van der Waals surface area (Å²) in [5.41, 5.74) is 0. The average molecular weight is 210 g/mol. The molecule has 1 aliphatic heterocycles. The summed E-state index contributed by atoms with van der Waals surface area (Å²) in [4.78, 5) is 5.95. The van der Waals surface area contributed by atoms with Gasteiger partial charge in [-0.15, -0.1) is 0 Å². The zero-order chi connectivity index (χ0) is 10.7. The van der Waals surface area contributed by atoms with Crippen molar-refractivity contribution in [2.45, 2.75) is 18.6 Å². The van der Waals surface area contributed by atoms with E-state index in [1.807, 2.05) is 24.1 Å². The second-order valence-corrected chi connectivity index (χ2v) is 3.93. The van der Waals surface area contributed by atoms with Crippen LogP contribution in [0.15, 0.2) is 24.5 Å². The number of pyridine rings is 1. The van der Waals surface area contributed by atoms with E-state index in [0.717, 1.165) is 5.75 Å². The Morgan fingerprint density at radius 2 is 2.53 bits per heavy atom. The number of hydrogen-bond acceptors (Lipinski definition) is 3. The molecule has 2 heterocycles. The first-order chi connectivity index (χ1) is 7.25. The first-order valence-corrected chi connectivity index (χ1v) is 5.13. The Hall–Kier alpha value is -1.16. The van der Waals surface area contributed by atoms with E-state index >= 15 is 0 Å². The summed E-state index contributed by atoms with van der Waals surface area (Å²) < 4.78 is 18.6. The number of halogens is 1. The monoisotopic (exact) mass is 210 g/mol. The van der Waals surface area contributed by atoms with Crippen molar-refractivity contribution in [3.05, 3.63) is 24.5 Å². The number of likely N-dealkylation sites (N-methyl/N-ethyl adjacent to an activating group) is 1. The van der Waals surface area contributed by atoms with Gasteiger partial charge in [0.25, 0.3) is 0 Å². The molecule has 2 rings (SSSR count). The molecule has 2 atom stereocenters. The van der Waals surface area contributed by atoms with Gasteiger partial charge >= 0.3 is 0 Å². The van der Waals surface area contributed by atoms with Crippen LogP contribution in [0, 0.1) is 0 Å². The van der Waals surface area contributed by atoms with Crippen LogP contribution in [0.5, 0.6) is 5.75 Å². The third kappa shape index (κ3) is 2.65. The van der Waals surface area contributed by atoms with Crippen molar-refractivity contribution < 1.29 is 9.13 Å². The molecule has 0 bridgehead atoms. The molecular formula is C11H15FN2O. The highest BCUT2D eigenvalue weighted by atomic mass is 19.1. The van der Waals surface area contributed by atoms with Crippen molar-refractivity contribution >= 4 is 0 Å². The second-order valence-electron chi connectivity index (χ2n) is 3.93. The van der Waals surface area contributed by atoms with Gasteiger partial charge in [-0.05, 0) is 25.6 Å². The Kier molecular flexibility index (Phi) is 3.16. The van der Waals surface area contributed by atoms with Crippen LogP contribution in [0.25, 0.3) is 0 Å². The van der Waals surface area contributed by atoms with E-state index in [4.69, 9.17) is 4.74 Å². The Morgan fingerprint density at radius 1 is 1.67 bits per heavy atom. The summed E-state index contributed by atoms with van der Waals surface area (Å²) in [6, 6.07) is 3.86. The lowest BCUT2D eigenvalue weighted by Crippen LogP contribution is -2.30. The van der Waals surface area contributed by atoms with E-state index < -0.39 is 6.17 Å². The lowest BCUT2D eigenvalue weighted by Gasteiger charge is -2.18. The number of nitrogens with zero attached hydrogens (tertiary/aromatic N) is 2. The molecule has 0 aromatic carbocycles. The topological polar surface area (TPSA) is 25.4 Å². The second kappa shape index (κ2) is 4.57. The van der Waals surface area contributed by atoms with Gasteiger partial charge in [-0.3, -0.25) is 9.88 Å². The summed E-state index contributed by atoms with van der Waals surface area (Å²) in [7, 11) is 1.93. The van der Waals surface area contributed by atoms with Crippen molar-refractivity contribution in [3.63, 3.8) is 0 Å². The van der Waals surface area contributed by atoms with Gasteiger partial charge < -0.3 is 4.74 Å². The number of rotatable bonds is 3. The van der Waals surface area contributed by atoms with Crippen LogP contribution in [-0.2, 0) is 0 Å². The Labute approximate surface area is 88.9 Å². The van der Waals surface area contributed by atoms with Gasteiger partial charge in [0.1, 0.15) is 18.5 Å². The smallest absolute Gasteiger partial charge is 0.137 e. The zero-order valence-corrected chi connectivity index (χ0v) is 8.77. The molecule has 3 nitrogen and oxygen atoms in total. The summed E-state index contributed by atoms with van der Waals surface area (Å²) in [6.45, 7) is 1.05. The van der Waals surface area contributed by atoms with E-state index in [-0.39, 0.29) is 6.04 Å².